The maximum absolute atomic E-state index is 12.7. The highest BCUT2D eigenvalue weighted by Gasteiger charge is 2.52. The van der Waals surface area contributed by atoms with Crippen LogP contribution in [0.2, 0.25) is 23.2 Å². The summed E-state index contributed by atoms with van der Waals surface area (Å²) in [7, 11) is -1.99. The molecule has 9 nitrogen and oxygen atoms in total. The number of aromatic nitrogens is 3. The second kappa shape index (κ2) is 11.4. The molecule has 3 aromatic rings. The molecule has 2 aliphatic heterocycles. The Morgan fingerprint density at radius 1 is 1.22 bits per heavy atom. The maximum Gasteiger partial charge on any atom is 0.228 e. The summed E-state index contributed by atoms with van der Waals surface area (Å²) in [5.41, 5.74) is 2.49. The quantitative estimate of drug-likeness (QED) is 0.328. The van der Waals surface area contributed by atoms with E-state index in [0.29, 0.717) is 42.6 Å². The van der Waals surface area contributed by atoms with E-state index in [-0.39, 0.29) is 28.8 Å². The number of nitrogens with one attached hydrogen (secondary N) is 1. The van der Waals surface area contributed by atoms with Crippen LogP contribution in [0.15, 0.2) is 55.2 Å². The van der Waals surface area contributed by atoms with Crippen LogP contribution in [-0.4, -0.2) is 66.2 Å². The monoisotopic (exact) mass is 595 g/mol. The van der Waals surface area contributed by atoms with Crippen LogP contribution in [-0.2, 0) is 20.4 Å². The molecule has 0 saturated carbocycles. The fraction of sp³-hybridized carbons (Fsp3) is 0.467. The second-order valence-electron chi connectivity index (χ2n) is 12.6. The van der Waals surface area contributed by atoms with E-state index >= 15 is 0 Å². The van der Waals surface area contributed by atoms with Gasteiger partial charge in [-0.15, -0.1) is 0 Å². The van der Waals surface area contributed by atoms with E-state index in [9.17, 15) is 9.90 Å². The predicted molar refractivity (Wildman–Crippen MR) is 162 cm³/mol. The number of benzene rings is 1. The van der Waals surface area contributed by atoms with Crippen LogP contribution >= 0.6 is 11.6 Å². The Bertz CT molecular complexity index is 1390. The van der Waals surface area contributed by atoms with Gasteiger partial charge in [0.2, 0.25) is 5.91 Å². The van der Waals surface area contributed by atoms with Crippen molar-refractivity contribution in [2.75, 3.05) is 36.6 Å². The topological polar surface area (TPSA) is 110 Å². The van der Waals surface area contributed by atoms with Crippen LogP contribution < -0.4 is 10.2 Å². The van der Waals surface area contributed by atoms with Gasteiger partial charge in [0.25, 0.3) is 0 Å². The number of carbonyl (C=O) groups excluding carboxylic acids is 1. The molecule has 0 radical (unpaired) electrons. The van der Waals surface area contributed by atoms with Gasteiger partial charge in [0.05, 0.1) is 44.2 Å². The van der Waals surface area contributed by atoms with Crippen LogP contribution in [0.5, 0.6) is 0 Å². The van der Waals surface area contributed by atoms with Crippen LogP contribution in [0, 0.1) is 0 Å². The van der Waals surface area contributed by atoms with Gasteiger partial charge >= 0.3 is 0 Å². The van der Waals surface area contributed by atoms with Gasteiger partial charge in [-0.05, 0) is 41.9 Å². The fourth-order valence-electron chi connectivity index (χ4n) is 4.99. The summed E-state index contributed by atoms with van der Waals surface area (Å²) >= 11 is 5.95. The Balaban J connectivity index is 1.32. The van der Waals surface area contributed by atoms with Crippen LogP contribution in [0.3, 0.4) is 0 Å². The number of aliphatic hydroxyl groups excluding tert-OH is 1. The number of halogens is 1. The molecular weight excluding hydrogens is 558 g/mol. The van der Waals surface area contributed by atoms with Crippen molar-refractivity contribution >= 4 is 37.3 Å². The van der Waals surface area contributed by atoms with Gasteiger partial charge in [0, 0.05) is 41.0 Å². The third-order valence-corrected chi connectivity index (χ3v) is 13.3. The SMILES string of the molecule is CC(C)(C)[Si](C)(C)OCC1(N2CC(C(O)c3cncc(NC(=O)Cc4ccc(Cl)cc4)c3)c3cncnc32)COC1. The first-order chi connectivity index (χ1) is 19.4. The van der Waals surface area contributed by atoms with Crippen molar-refractivity contribution in [3.05, 3.63) is 77.0 Å². The number of hydrogen-bond donors (Lipinski definition) is 2. The van der Waals surface area contributed by atoms with Crippen LogP contribution in [0.1, 0.15) is 49.5 Å². The van der Waals surface area contributed by atoms with Gasteiger partial charge in [-0.2, -0.15) is 0 Å². The molecule has 0 bridgehead atoms. The Hall–Kier alpha value is -2.89. The van der Waals surface area contributed by atoms with Crippen molar-refractivity contribution in [3.63, 3.8) is 0 Å². The van der Waals surface area contributed by atoms with Crippen LogP contribution in [0.25, 0.3) is 0 Å². The lowest BCUT2D eigenvalue weighted by Crippen LogP contribution is -2.66. The third-order valence-electron chi connectivity index (χ3n) is 8.62. The van der Waals surface area contributed by atoms with Gasteiger partial charge < -0.3 is 24.5 Å². The number of amides is 1. The molecule has 2 N–H and O–H groups in total. The minimum Gasteiger partial charge on any atom is -0.414 e. The summed E-state index contributed by atoms with van der Waals surface area (Å²) in [6.45, 7) is 13.3. The number of rotatable bonds is 9. The van der Waals surface area contributed by atoms with E-state index in [4.69, 9.17) is 20.8 Å². The average molecular weight is 596 g/mol. The average Bonchev–Trinajstić information content (AvgIpc) is 3.28. The largest absolute Gasteiger partial charge is 0.414 e. The van der Waals surface area contributed by atoms with Crippen molar-refractivity contribution in [1.82, 2.24) is 15.0 Å². The van der Waals surface area contributed by atoms with Gasteiger partial charge in [-0.1, -0.05) is 44.5 Å². The Labute approximate surface area is 247 Å². The van der Waals surface area contributed by atoms with E-state index in [1.807, 2.05) is 12.1 Å². The summed E-state index contributed by atoms with van der Waals surface area (Å²) in [6, 6.07) is 8.93. The van der Waals surface area contributed by atoms with E-state index in [2.05, 4.69) is 59.0 Å². The summed E-state index contributed by atoms with van der Waals surface area (Å²) in [5, 5.41) is 15.2. The molecule has 4 heterocycles. The molecule has 0 spiro atoms. The Morgan fingerprint density at radius 3 is 2.61 bits per heavy atom. The molecule has 5 rings (SSSR count). The number of pyridine rings is 1. The van der Waals surface area contributed by atoms with Crippen molar-refractivity contribution in [1.29, 1.82) is 0 Å². The summed E-state index contributed by atoms with van der Waals surface area (Å²) < 4.78 is 12.4. The zero-order chi connectivity index (χ0) is 29.4. The predicted octanol–water partition coefficient (Wildman–Crippen LogP) is 5.13. The second-order valence-corrected chi connectivity index (χ2v) is 17.8. The Morgan fingerprint density at radius 2 is 1.95 bits per heavy atom. The van der Waals surface area contributed by atoms with Crippen LogP contribution in [0.4, 0.5) is 11.5 Å². The first-order valence-corrected chi connectivity index (χ1v) is 17.1. The van der Waals surface area contributed by atoms with E-state index < -0.39 is 14.4 Å². The normalized spacial score (nSPS) is 18.9. The number of anilines is 2. The standard InChI is InChI=1S/C30H38ClN5O4Si/c1-29(2,3)41(4,5)40-18-30(16-39-17-30)36-15-25(24-14-33-19-34-28(24)36)27(38)21-11-23(13-32-12-21)35-26(37)10-20-6-8-22(31)9-7-20/h6-9,11-14,19,25,27,38H,10,15-18H2,1-5H3,(H,35,37). The van der Waals surface area contributed by atoms with Crippen molar-refractivity contribution < 1.29 is 19.1 Å². The molecule has 11 heteroatoms. The Kier molecular flexibility index (Phi) is 8.24. The van der Waals surface area contributed by atoms with Crippen molar-refractivity contribution in [2.24, 2.45) is 0 Å². The first-order valence-electron chi connectivity index (χ1n) is 13.9. The molecule has 1 fully saturated rings. The summed E-state index contributed by atoms with van der Waals surface area (Å²) in [6.07, 6.45) is 5.85. The minimum atomic E-state index is -1.99. The maximum atomic E-state index is 12.7. The zero-order valence-electron chi connectivity index (χ0n) is 24.2. The van der Waals surface area contributed by atoms with Gasteiger partial charge in [-0.3, -0.25) is 9.78 Å². The fourth-order valence-corrected chi connectivity index (χ4v) is 6.18. The molecule has 1 aromatic carbocycles. The van der Waals surface area contributed by atoms with Gasteiger partial charge in [-0.25, -0.2) is 9.97 Å². The lowest BCUT2D eigenvalue weighted by atomic mass is 9.92. The number of ether oxygens (including phenoxy) is 1. The van der Waals surface area contributed by atoms with Gasteiger partial charge in [0.1, 0.15) is 17.7 Å². The summed E-state index contributed by atoms with van der Waals surface area (Å²) in [4.78, 5) is 28.1. The highest BCUT2D eigenvalue weighted by atomic mass is 35.5. The molecule has 41 heavy (non-hydrogen) atoms. The molecule has 2 aromatic heterocycles. The molecule has 2 atom stereocenters. The molecule has 218 valence electrons. The molecule has 0 aliphatic carbocycles. The van der Waals surface area contributed by atoms with E-state index in [1.54, 1.807) is 43.1 Å². The summed E-state index contributed by atoms with van der Waals surface area (Å²) in [5.74, 6) is 0.324. The highest BCUT2D eigenvalue weighted by molar-refractivity contribution is 6.74. The van der Waals surface area contributed by atoms with Gasteiger partial charge in [0.15, 0.2) is 8.32 Å². The number of fused-ring (bicyclic) bond motifs is 1. The van der Waals surface area contributed by atoms with Crippen molar-refractivity contribution in [2.45, 2.75) is 62.9 Å². The molecule has 2 unspecified atom stereocenters. The van der Waals surface area contributed by atoms with Crippen molar-refractivity contribution in [3.8, 4) is 0 Å². The number of carbonyl (C=O) groups is 1. The molecule has 2 aliphatic rings. The highest BCUT2D eigenvalue weighted by Crippen LogP contribution is 2.47. The first kappa shape index (κ1) is 29.6. The smallest absolute Gasteiger partial charge is 0.228 e. The minimum absolute atomic E-state index is 0.0882. The lowest BCUT2D eigenvalue weighted by molar-refractivity contribution is -0.115. The zero-order valence-corrected chi connectivity index (χ0v) is 26.0. The lowest BCUT2D eigenvalue weighted by Gasteiger charge is -2.50. The third kappa shape index (κ3) is 6.17. The number of hydrogen-bond acceptors (Lipinski definition) is 8. The molecule has 1 amide bonds. The number of aliphatic hydroxyl groups is 1. The molecule has 1 saturated heterocycles. The van der Waals surface area contributed by atoms with E-state index in [0.717, 1.165) is 16.9 Å². The number of nitrogens with zero attached hydrogens (tertiary/aromatic N) is 4. The molecular formula is C30H38ClN5O4Si. The van der Waals surface area contributed by atoms with E-state index in [1.165, 1.54) is 0 Å².